The Labute approximate surface area is 122 Å². The Bertz CT molecular complexity index is 500. The maximum Gasteiger partial charge on any atom is 0.339 e. The van der Waals surface area contributed by atoms with Crippen molar-refractivity contribution in [3.63, 3.8) is 0 Å². The number of methoxy groups -OCH3 is 1. The molecule has 0 aliphatic carbocycles. The summed E-state index contributed by atoms with van der Waals surface area (Å²) in [6.45, 7) is 4.56. The minimum absolute atomic E-state index is 0.121. The molecule has 0 bridgehead atoms. The van der Waals surface area contributed by atoms with Gasteiger partial charge in [-0.05, 0) is 32.0 Å². The summed E-state index contributed by atoms with van der Waals surface area (Å²) in [5.41, 5.74) is 0.308. The van der Waals surface area contributed by atoms with Crippen LogP contribution < -0.4 is 4.74 Å². The number of esters is 1. The highest BCUT2D eigenvalue weighted by Gasteiger charge is 2.32. The highest BCUT2D eigenvalue weighted by Crippen LogP contribution is 2.25. The summed E-state index contributed by atoms with van der Waals surface area (Å²) in [5.74, 6) is -0.479. The summed E-state index contributed by atoms with van der Waals surface area (Å²) in [5, 5.41) is 0.290. The second-order valence-electron chi connectivity index (χ2n) is 4.89. The molecule has 0 amide bonds. The third-order valence-electron chi connectivity index (χ3n) is 2.85. The third kappa shape index (κ3) is 3.62. The number of hydrogen-bond donors (Lipinski definition) is 0. The van der Waals surface area contributed by atoms with Gasteiger partial charge in [0.05, 0.1) is 24.3 Å². The SMILES string of the molecule is COC(=O)c1ccc(OCC2COC(C)(C)O2)cc1Cl. The molecule has 1 atom stereocenters. The van der Waals surface area contributed by atoms with Crippen molar-refractivity contribution in [3.05, 3.63) is 28.8 Å². The van der Waals surface area contributed by atoms with Crippen LogP contribution >= 0.6 is 11.6 Å². The fourth-order valence-electron chi connectivity index (χ4n) is 1.90. The van der Waals surface area contributed by atoms with Crippen molar-refractivity contribution in [1.82, 2.24) is 0 Å². The van der Waals surface area contributed by atoms with Gasteiger partial charge in [-0.2, -0.15) is 0 Å². The van der Waals surface area contributed by atoms with E-state index in [2.05, 4.69) is 4.74 Å². The van der Waals surface area contributed by atoms with Crippen molar-refractivity contribution in [2.24, 2.45) is 0 Å². The van der Waals surface area contributed by atoms with E-state index in [1.807, 2.05) is 13.8 Å². The van der Waals surface area contributed by atoms with E-state index in [9.17, 15) is 4.79 Å². The minimum atomic E-state index is -0.569. The van der Waals surface area contributed by atoms with E-state index >= 15 is 0 Å². The van der Waals surface area contributed by atoms with Gasteiger partial charge in [-0.1, -0.05) is 11.6 Å². The number of carbonyl (C=O) groups is 1. The summed E-state index contributed by atoms with van der Waals surface area (Å²) >= 11 is 6.01. The molecule has 110 valence electrons. The number of halogens is 1. The van der Waals surface area contributed by atoms with E-state index in [1.54, 1.807) is 18.2 Å². The average Bonchev–Trinajstić information content (AvgIpc) is 2.75. The van der Waals surface area contributed by atoms with Gasteiger partial charge in [-0.3, -0.25) is 0 Å². The number of hydrogen-bond acceptors (Lipinski definition) is 5. The smallest absolute Gasteiger partial charge is 0.339 e. The van der Waals surface area contributed by atoms with E-state index in [4.69, 9.17) is 25.8 Å². The molecule has 5 nitrogen and oxygen atoms in total. The van der Waals surface area contributed by atoms with Crippen LogP contribution in [0.25, 0.3) is 0 Å². The largest absolute Gasteiger partial charge is 0.491 e. The van der Waals surface area contributed by atoms with E-state index in [0.717, 1.165) is 0 Å². The summed E-state index contributed by atoms with van der Waals surface area (Å²) in [6.07, 6.45) is -0.121. The van der Waals surface area contributed by atoms with E-state index in [1.165, 1.54) is 7.11 Å². The number of benzene rings is 1. The molecular weight excluding hydrogens is 284 g/mol. The quantitative estimate of drug-likeness (QED) is 0.800. The first-order chi connectivity index (χ1) is 9.41. The highest BCUT2D eigenvalue weighted by molar-refractivity contribution is 6.33. The van der Waals surface area contributed by atoms with Crippen LogP contribution in [0.2, 0.25) is 5.02 Å². The minimum Gasteiger partial charge on any atom is -0.491 e. The van der Waals surface area contributed by atoms with Crippen LogP contribution in [0.15, 0.2) is 18.2 Å². The Morgan fingerprint density at radius 1 is 1.50 bits per heavy atom. The summed E-state index contributed by atoms with van der Waals surface area (Å²) in [7, 11) is 1.31. The summed E-state index contributed by atoms with van der Waals surface area (Å²) < 4.78 is 21.3. The summed E-state index contributed by atoms with van der Waals surface area (Å²) in [4.78, 5) is 11.4. The molecule has 20 heavy (non-hydrogen) atoms. The van der Waals surface area contributed by atoms with Crippen molar-refractivity contribution in [2.75, 3.05) is 20.3 Å². The molecule has 1 fully saturated rings. The lowest BCUT2D eigenvalue weighted by Gasteiger charge is -2.17. The van der Waals surface area contributed by atoms with Gasteiger partial charge >= 0.3 is 5.97 Å². The number of rotatable bonds is 4. The van der Waals surface area contributed by atoms with E-state index in [0.29, 0.717) is 29.5 Å². The average molecular weight is 301 g/mol. The molecule has 0 radical (unpaired) electrons. The molecule has 1 aliphatic heterocycles. The van der Waals surface area contributed by atoms with Crippen LogP contribution in [0.4, 0.5) is 0 Å². The first-order valence-corrected chi connectivity index (χ1v) is 6.61. The van der Waals surface area contributed by atoms with Crippen LogP contribution in [-0.2, 0) is 14.2 Å². The van der Waals surface area contributed by atoms with Crippen molar-refractivity contribution >= 4 is 17.6 Å². The molecule has 0 N–H and O–H groups in total. The molecule has 0 spiro atoms. The second kappa shape index (κ2) is 5.99. The van der Waals surface area contributed by atoms with Gasteiger partial charge < -0.3 is 18.9 Å². The molecule has 1 aromatic carbocycles. The van der Waals surface area contributed by atoms with Crippen LogP contribution in [-0.4, -0.2) is 38.2 Å². The Kier molecular flexibility index (Phi) is 4.52. The van der Waals surface area contributed by atoms with E-state index in [-0.39, 0.29) is 6.10 Å². The van der Waals surface area contributed by atoms with Gasteiger partial charge in [0.1, 0.15) is 18.5 Å². The molecule has 0 saturated carbocycles. The van der Waals surface area contributed by atoms with Gasteiger partial charge in [0.15, 0.2) is 5.79 Å². The zero-order chi connectivity index (χ0) is 14.8. The van der Waals surface area contributed by atoms with Crippen molar-refractivity contribution in [2.45, 2.75) is 25.7 Å². The normalized spacial score (nSPS) is 20.7. The second-order valence-corrected chi connectivity index (χ2v) is 5.30. The van der Waals surface area contributed by atoms with Crippen molar-refractivity contribution < 1.29 is 23.7 Å². The molecule has 1 aliphatic rings. The lowest BCUT2D eigenvalue weighted by atomic mass is 10.2. The fourth-order valence-corrected chi connectivity index (χ4v) is 2.14. The summed E-state index contributed by atoms with van der Waals surface area (Å²) in [6, 6.07) is 4.81. The standard InChI is InChI=1S/C14H17ClO5/c1-14(2)19-8-10(20-14)7-18-9-4-5-11(12(15)6-9)13(16)17-3/h4-6,10H,7-8H2,1-3H3. The van der Waals surface area contributed by atoms with Gasteiger partial charge in [-0.25, -0.2) is 4.79 Å². The third-order valence-corrected chi connectivity index (χ3v) is 3.16. The lowest BCUT2D eigenvalue weighted by molar-refractivity contribution is -0.141. The van der Waals surface area contributed by atoms with Crippen LogP contribution in [0.3, 0.4) is 0 Å². The number of ether oxygens (including phenoxy) is 4. The fraction of sp³-hybridized carbons (Fsp3) is 0.500. The zero-order valence-corrected chi connectivity index (χ0v) is 12.4. The van der Waals surface area contributed by atoms with Gasteiger partial charge in [0, 0.05) is 0 Å². The highest BCUT2D eigenvalue weighted by atomic mass is 35.5. The van der Waals surface area contributed by atoms with Gasteiger partial charge in [0.25, 0.3) is 0 Å². The molecular formula is C14H17ClO5. The maximum atomic E-state index is 11.4. The zero-order valence-electron chi connectivity index (χ0n) is 11.6. The molecule has 1 heterocycles. The molecule has 6 heteroatoms. The predicted molar refractivity (Wildman–Crippen MR) is 73.2 cm³/mol. The Balaban J connectivity index is 1.94. The van der Waals surface area contributed by atoms with Gasteiger partial charge in [0.2, 0.25) is 0 Å². The van der Waals surface area contributed by atoms with Gasteiger partial charge in [-0.15, -0.1) is 0 Å². The van der Waals surface area contributed by atoms with Crippen LogP contribution in [0.5, 0.6) is 5.75 Å². The Hall–Kier alpha value is -1.30. The first kappa shape index (κ1) is 15.1. The topological polar surface area (TPSA) is 54.0 Å². The predicted octanol–water partition coefficient (Wildman–Crippen LogP) is 2.66. The number of carbonyl (C=O) groups excluding carboxylic acids is 1. The molecule has 0 aromatic heterocycles. The lowest BCUT2D eigenvalue weighted by Crippen LogP contribution is -2.25. The molecule has 2 rings (SSSR count). The van der Waals surface area contributed by atoms with E-state index < -0.39 is 11.8 Å². The molecule has 1 unspecified atom stereocenters. The van der Waals surface area contributed by atoms with Crippen LogP contribution in [0.1, 0.15) is 24.2 Å². The van der Waals surface area contributed by atoms with Crippen molar-refractivity contribution in [1.29, 1.82) is 0 Å². The first-order valence-electron chi connectivity index (χ1n) is 6.24. The van der Waals surface area contributed by atoms with Crippen LogP contribution in [0, 0.1) is 0 Å². The molecule has 1 aromatic rings. The monoisotopic (exact) mass is 300 g/mol. The van der Waals surface area contributed by atoms with Crippen molar-refractivity contribution in [3.8, 4) is 5.75 Å². The Morgan fingerprint density at radius 2 is 2.25 bits per heavy atom. The molecule has 1 saturated heterocycles. The Morgan fingerprint density at radius 3 is 2.80 bits per heavy atom. The maximum absolute atomic E-state index is 11.4.